The molecule has 1 atom stereocenters. The summed E-state index contributed by atoms with van der Waals surface area (Å²) in [4.78, 5) is 29.3. The smallest absolute Gasteiger partial charge is 0.265 e. The molecule has 3 aromatic heterocycles. The Hall–Kier alpha value is -4.32. The number of hydrogen-bond donors (Lipinski definition) is 0. The third kappa shape index (κ3) is 3.40. The second-order valence-electron chi connectivity index (χ2n) is 9.41. The van der Waals surface area contributed by atoms with Crippen molar-refractivity contribution in [2.45, 2.75) is 40.2 Å². The fraction of sp³-hybridized carbons (Fsp3) is 0.200. The van der Waals surface area contributed by atoms with E-state index in [4.69, 9.17) is 15.0 Å². The van der Waals surface area contributed by atoms with E-state index < -0.39 is 0 Å². The summed E-state index contributed by atoms with van der Waals surface area (Å²) in [7, 11) is 0. The van der Waals surface area contributed by atoms with Crippen molar-refractivity contribution in [1.29, 1.82) is 0 Å². The van der Waals surface area contributed by atoms with Gasteiger partial charge in [-0.15, -0.1) is 0 Å². The summed E-state index contributed by atoms with van der Waals surface area (Å²) in [6, 6.07) is 24.0. The van der Waals surface area contributed by atoms with E-state index in [1.165, 1.54) is 0 Å². The van der Waals surface area contributed by atoms with Gasteiger partial charge in [-0.05, 0) is 61.7 Å². The monoisotopic (exact) mass is 473 g/mol. The van der Waals surface area contributed by atoms with Gasteiger partial charge in [0.15, 0.2) is 11.3 Å². The second-order valence-corrected chi connectivity index (χ2v) is 9.41. The summed E-state index contributed by atoms with van der Waals surface area (Å²) in [5, 5.41) is 0.502. The highest BCUT2D eigenvalue weighted by atomic mass is 16.1. The quantitative estimate of drug-likeness (QED) is 0.312. The Kier molecular flexibility index (Phi) is 5.18. The lowest BCUT2D eigenvalue weighted by atomic mass is 10.1. The Morgan fingerprint density at radius 3 is 2.11 bits per heavy atom. The van der Waals surface area contributed by atoms with E-state index in [1.54, 1.807) is 0 Å². The van der Waals surface area contributed by atoms with E-state index in [-0.39, 0.29) is 11.6 Å². The van der Waals surface area contributed by atoms with Crippen LogP contribution in [0.25, 0.3) is 38.9 Å². The molecule has 3 heterocycles. The average Bonchev–Trinajstić information content (AvgIpc) is 3.20. The summed E-state index contributed by atoms with van der Waals surface area (Å²) < 4.78 is 3.82. The highest BCUT2D eigenvalue weighted by Gasteiger charge is 2.25. The van der Waals surface area contributed by atoms with Gasteiger partial charge >= 0.3 is 0 Å². The molecule has 0 unspecified atom stereocenters. The molecule has 0 fully saturated rings. The van der Waals surface area contributed by atoms with Gasteiger partial charge in [-0.2, -0.15) is 0 Å². The second kappa shape index (κ2) is 8.41. The fourth-order valence-corrected chi connectivity index (χ4v) is 5.20. The molecule has 0 N–H and O–H groups in total. The third-order valence-corrected chi connectivity index (χ3v) is 6.83. The zero-order chi connectivity index (χ0) is 25.0. The van der Waals surface area contributed by atoms with E-state index >= 15 is 0 Å². The minimum absolute atomic E-state index is 0.0918. The molecule has 6 heteroatoms. The van der Waals surface area contributed by atoms with Gasteiger partial charge in [0.1, 0.15) is 16.7 Å². The number of hydrogen-bond acceptors (Lipinski definition) is 4. The normalized spacial score (nSPS) is 12.6. The average molecular weight is 474 g/mol. The first-order valence-corrected chi connectivity index (χ1v) is 12.3. The molecule has 0 amide bonds. The van der Waals surface area contributed by atoms with Gasteiger partial charge in [-0.25, -0.2) is 15.0 Å². The van der Waals surface area contributed by atoms with Gasteiger partial charge in [0.05, 0.1) is 17.1 Å². The van der Waals surface area contributed by atoms with Gasteiger partial charge in [0.2, 0.25) is 0 Å². The lowest BCUT2D eigenvalue weighted by Crippen LogP contribution is -2.28. The highest BCUT2D eigenvalue weighted by Crippen LogP contribution is 2.30. The molecule has 0 bridgehead atoms. The van der Waals surface area contributed by atoms with Crippen LogP contribution in [0.3, 0.4) is 0 Å². The predicted octanol–water partition coefficient (Wildman–Crippen LogP) is 6.07. The molecule has 6 aromatic rings. The van der Waals surface area contributed by atoms with Gasteiger partial charge in [0, 0.05) is 12.1 Å². The number of para-hydroxylation sites is 2. The number of fused-ring (bicyclic) bond motifs is 4. The lowest BCUT2D eigenvalue weighted by Gasteiger charge is -2.19. The standard InChI is InChI=1S/C30H27N5O/c1-5-25-33-28-26(30(36)34(25)20(4)21-11-7-6-8-12-21)27-29(32-24-14-10-9-13-23(24)31-27)35(28)22-16-18(2)15-19(3)17-22/h6-17,20H,5H2,1-4H3/t20-/m1/s1. The molecule has 178 valence electrons. The molecule has 0 saturated carbocycles. The molecule has 36 heavy (non-hydrogen) atoms. The van der Waals surface area contributed by atoms with Crippen molar-refractivity contribution in [3.8, 4) is 5.69 Å². The van der Waals surface area contributed by atoms with E-state index in [0.717, 1.165) is 39.2 Å². The van der Waals surface area contributed by atoms with Crippen molar-refractivity contribution in [1.82, 2.24) is 24.1 Å². The molecule has 6 nitrogen and oxygen atoms in total. The van der Waals surface area contributed by atoms with Gasteiger partial charge in [-0.3, -0.25) is 13.9 Å². The molecular formula is C30H27N5O. The van der Waals surface area contributed by atoms with E-state index in [1.807, 2.05) is 77.6 Å². The fourth-order valence-electron chi connectivity index (χ4n) is 5.20. The number of nitrogens with zero attached hydrogens (tertiary/aromatic N) is 5. The van der Waals surface area contributed by atoms with Gasteiger partial charge < -0.3 is 0 Å². The maximum absolute atomic E-state index is 14.3. The molecule has 3 aromatic carbocycles. The van der Waals surface area contributed by atoms with Crippen LogP contribution >= 0.6 is 0 Å². The van der Waals surface area contributed by atoms with Gasteiger partial charge in [-0.1, -0.05) is 55.5 Å². The molecule has 0 saturated heterocycles. The Bertz CT molecular complexity index is 1810. The first kappa shape index (κ1) is 22.2. The number of aryl methyl sites for hydroxylation is 3. The van der Waals surface area contributed by atoms with Crippen molar-refractivity contribution in [3.63, 3.8) is 0 Å². The molecule has 6 rings (SSSR count). The number of benzene rings is 3. The van der Waals surface area contributed by atoms with Crippen LogP contribution in [0.5, 0.6) is 0 Å². The van der Waals surface area contributed by atoms with Crippen LogP contribution in [-0.2, 0) is 6.42 Å². The molecule has 0 aliphatic carbocycles. The Balaban J connectivity index is 1.79. The molecule has 0 aliphatic heterocycles. The number of aromatic nitrogens is 5. The van der Waals surface area contributed by atoms with Crippen molar-refractivity contribution in [3.05, 3.63) is 106 Å². The molecule has 0 spiro atoms. The van der Waals surface area contributed by atoms with E-state index in [9.17, 15) is 4.79 Å². The van der Waals surface area contributed by atoms with Crippen LogP contribution in [0.4, 0.5) is 0 Å². The Morgan fingerprint density at radius 2 is 1.44 bits per heavy atom. The van der Waals surface area contributed by atoms with Crippen LogP contribution in [0.2, 0.25) is 0 Å². The topological polar surface area (TPSA) is 65.6 Å². The summed E-state index contributed by atoms with van der Waals surface area (Å²) in [6.45, 7) is 8.24. The Morgan fingerprint density at radius 1 is 0.806 bits per heavy atom. The zero-order valence-electron chi connectivity index (χ0n) is 20.9. The summed E-state index contributed by atoms with van der Waals surface area (Å²) in [5.74, 6) is 0.738. The number of rotatable bonds is 4. The largest absolute Gasteiger partial charge is 0.289 e. The van der Waals surface area contributed by atoms with Crippen LogP contribution in [-0.4, -0.2) is 24.1 Å². The zero-order valence-corrected chi connectivity index (χ0v) is 20.9. The molecule has 0 radical (unpaired) electrons. The summed E-state index contributed by atoms with van der Waals surface area (Å²) >= 11 is 0. The SMILES string of the molecule is CCc1nc2c(c(=O)n1[C@H](C)c1ccccc1)c1nc3ccccc3nc1n2-c1cc(C)cc(C)c1. The third-order valence-electron chi connectivity index (χ3n) is 6.83. The van der Waals surface area contributed by atoms with Crippen molar-refractivity contribution in [2.24, 2.45) is 0 Å². The van der Waals surface area contributed by atoms with Crippen molar-refractivity contribution in [2.75, 3.05) is 0 Å². The lowest BCUT2D eigenvalue weighted by molar-refractivity contribution is 0.574. The minimum atomic E-state index is -0.168. The van der Waals surface area contributed by atoms with E-state index in [2.05, 4.69) is 32.0 Å². The van der Waals surface area contributed by atoms with Crippen molar-refractivity contribution < 1.29 is 0 Å². The van der Waals surface area contributed by atoms with Crippen LogP contribution in [0, 0.1) is 13.8 Å². The minimum Gasteiger partial charge on any atom is -0.289 e. The van der Waals surface area contributed by atoms with Crippen molar-refractivity contribution >= 4 is 33.2 Å². The molecule has 0 aliphatic rings. The highest BCUT2D eigenvalue weighted by molar-refractivity contribution is 6.05. The van der Waals surface area contributed by atoms with E-state index in [0.29, 0.717) is 28.6 Å². The first-order valence-electron chi connectivity index (χ1n) is 12.3. The van der Waals surface area contributed by atoms with Gasteiger partial charge in [0.25, 0.3) is 5.56 Å². The van der Waals surface area contributed by atoms with Crippen LogP contribution < -0.4 is 5.56 Å². The summed E-state index contributed by atoms with van der Waals surface area (Å²) in [5.41, 5.74) is 7.53. The predicted molar refractivity (Wildman–Crippen MR) is 145 cm³/mol. The first-order chi connectivity index (χ1) is 17.5. The maximum Gasteiger partial charge on any atom is 0.265 e. The van der Waals surface area contributed by atoms with Crippen LogP contribution in [0.15, 0.2) is 77.6 Å². The van der Waals surface area contributed by atoms with Crippen LogP contribution in [0.1, 0.15) is 42.4 Å². The molecular weight excluding hydrogens is 446 g/mol. The summed E-state index contributed by atoms with van der Waals surface area (Å²) in [6.07, 6.45) is 0.625. The maximum atomic E-state index is 14.3. The Labute approximate surface area is 208 Å².